The van der Waals surface area contributed by atoms with Crippen LogP contribution in [0.15, 0.2) is 24.3 Å². The van der Waals surface area contributed by atoms with Crippen molar-refractivity contribution < 1.29 is 27.4 Å². The summed E-state index contributed by atoms with van der Waals surface area (Å²) in [6.45, 7) is 22.3. The summed E-state index contributed by atoms with van der Waals surface area (Å²) in [4.78, 5) is 9.24. The molecule has 2 N–H and O–H groups in total. The molecule has 0 aliphatic carbocycles. The van der Waals surface area contributed by atoms with E-state index in [0.717, 1.165) is 18.1 Å². The Bertz CT molecular complexity index is 1580. The number of halogens is 3. The van der Waals surface area contributed by atoms with E-state index in [-0.39, 0.29) is 29.5 Å². The summed E-state index contributed by atoms with van der Waals surface area (Å²) in [5.41, 5.74) is 2.34. The molecule has 0 radical (unpaired) electrons. The third-order valence-corrected chi connectivity index (χ3v) is 14.8. The maximum Gasteiger partial charge on any atom is 0.416 e. The van der Waals surface area contributed by atoms with Crippen LogP contribution in [0, 0.1) is 0 Å². The Kier molecular flexibility index (Phi) is 11.1. The summed E-state index contributed by atoms with van der Waals surface area (Å²) in [5.74, 6) is 0.469. The first-order valence-electron chi connectivity index (χ1n) is 17.6. The number of nitrogens with one attached hydrogen (secondary N) is 1. The number of aliphatic hydroxyl groups excluding tert-OH is 1. The minimum Gasteiger partial charge on any atom is -0.416 e. The fraction of sp³-hybridized carbons (Fsp3) is 0.667. The molecular formula is C36H55F3N6O3Si. The highest BCUT2D eigenvalue weighted by atomic mass is 28.4. The second kappa shape index (κ2) is 14.5. The Balaban J connectivity index is 1.47. The van der Waals surface area contributed by atoms with E-state index in [4.69, 9.17) is 19.2 Å². The van der Waals surface area contributed by atoms with Crippen molar-refractivity contribution in [2.75, 3.05) is 62.8 Å². The van der Waals surface area contributed by atoms with Crippen LogP contribution >= 0.6 is 0 Å². The van der Waals surface area contributed by atoms with Crippen molar-refractivity contribution in [3.05, 3.63) is 52.3 Å². The topological polar surface area (TPSA) is 87.4 Å². The van der Waals surface area contributed by atoms with Crippen molar-refractivity contribution in [1.29, 1.82) is 0 Å². The van der Waals surface area contributed by atoms with Gasteiger partial charge in [0, 0.05) is 44.3 Å². The summed E-state index contributed by atoms with van der Waals surface area (Å²) in [7, 11) is -1.87. The van der Waals surface area contributed by atoms with Crippen molar-refractivity contribution in [2.45, 2.75) is 103 Å². The van der Waals surface area contributed by atoms with Crippen LogP contribution in [0.1, 0.15) is 88.4 Å². The largest absolute Gasteiger partial charge is 0.416 e. The minimum absolute atomic E-state index is 0.124. The molecule has 0 bridgehead atoms. The number of piperidine rings is 1. The molecule has 2 fully saturated rings. The number of hydrogen-bond acceptors (Lipinski definition) is 8. The number of rotatable bonds is 10. The van der Waals surface area contributed by atoms with Gasteiger partial charge < -0.3 is 29.4 Å². The van der Waals surface area contributed by atoms with Gasteiger partial charge in [0.25, 0.3) is 0 Å². The van der Waals surface area contributed by atoms with Crippen LogP contribution in [-0.4, -0.2) is 91.0 Å². The van der Waals surface area contributed by atoms with Gasteiger partial charge in [0.2, 0.25) is 0 Å². The second-order valence-corrected chi connectivity index (χ2v) is 20.9. The molecular weight excluding hydrogens is 650 g/mol. The summed E-state index contributed by atoms with van der Waals surface area (Å²) in [6, 6.07) is 6.46. The fourth-order valence-corrected chi connectivity index (χ4v) is 7.65. The number of morpholine rings is 1. The van der Waals surface area contributed by atoms with E-state index in [0.29, 0.717) is 87.0 Å². The number of likely N-dealkylation sites (tertiary alicyclic amines) is 1. The number of hydrogen-bond donors (Lipinski definition) is 2. The minimum atomic E-state index is -4.50. The van der Waals surface area contributed by atoms with E-state index >= 15 is 0 Å². The van der Waals surface area contributed by atoms with Gasteiger partial charge in [-0.25, -0.2) is 9.50 Å². The Hall–Kier alpha value is -2.71. The van der Waals surface area contributed by atoms with Crippen LogP contribution in [0.25, 0.3) is 5.65 Å². The number of alkyl halides is 3. The average molecular weight is 705 g/mol. The first kappa shape index (κ1) is 37.5. The molecule has 4 heterocycles. The zero-order valence-electron chi connectivity index (χ0n) is 30.5. The zero-order chi connectivity index (χ0) is 35.8. The molecule has 0 spiro atoms. The number of nitrogens with zero attached hydrogens (tertiary/aromatic N) is 5. The van der Waals surface area contributed by atoms with E-state index in [1.165, 1.54) is 12.1 Å². The molecule has 2 aliphatic heterocycles. The van der Waals surface area contributed by atoms with Crippen molar-refractivity contribution in [1.82, 2.24) is 19.5 Å². The normalized spacial score (nSPS) is 17.7. The molecule has 9 nitrogen and oxygen atoms in total. The number of imidazole rings is 1. The third kappa shape index (κ3) is 8.78. The monoisotopic (exact) mass is 704 g/mol. The van der Waals surface area contributed by atoms with Crippen LogP contribution < -0.4 is 10.2 Å². The fourth-order valence-electron chi connectivity index (χ4n) is 6.61. The second-order valence-electron chi connectivity index (χ2n) is 16.1. The van der Waals surface area contributed by atoms with Gasteiger partial charge in [-0.15, -0.1) is 5.10 Å². The number of fused-ring (bicyclic) bond motifs is 1. The van der Waals surface area contributed by atoms with E-state index in [1.54, 1.807) is 10.6 Å². The highest BCUT2D eigenvalue weighted by Crippen LogP contribution is 2.42. The lowest BCUT2D eigenvalue weighted by atomic mass is 9.82. The molecule has 49 heavy (non-hydrogen) atoms. The van der Waals surface area contributed by atoms with Crippen LogP contribution in [0.5, 0.6) is 0 Å². The maximum absolute atomic E-state index is 14.7. The molecule has 0 unspecified atom stereocenters. The number of benzene rings is 1. The van der Waals surface area contributed by atoms with Crippen LogP contribution in [-0.2, 0) is 28.4 Å². The van der Waals surface area contributed by atoms with Crippen molar-refractivity contribution in [3.63, 3.8) is 0 Å². The number of aliphatic hydroxyl groups is 1. The molecule has 3 aromatic rings. The van der Waals surface area contributed by atoms with Crippen molar-refractivity contribution in [2.24, 2.45) is 0 Å². The summed E-state index contributed by atoms with van der Waals surface area (Å²) in [5, 5.41) is 19.1. The third-order valence-electron chi connectivity index (χ3n) is 10.3. The molecule has 0 atom stereocenters. The van der Waals surface area contributed by atoms with Gasteiger partial charge in [0.05, 0.1) is 42.5 Å². The van der Waals surface area contributed by atoms with Gasteiger partial charge in [-0.1, -0.05) is 32.9 Å². The molecule has 2 aliphatic rings. The highest BCUT2D eigenvalue weighted by Gasteiger charge is 2.39. The molecule has 2 saturated heterocycles. The van der Waals surface area contributed by atoms with Crippen molar-refractivity contribution in [3.8, 4) is 0 Å². The van der Waals surface area contributed by atoms with Gasteiger partial charge in [-0.05, 0) is 87.9 Å². The van der Waals surface area contributed by atoms with E-state index in [9.17, 15) is 18.3 Å². The Morgan fingerprint density at radius 2 is 1.69 bits per heavy atom. The van der Waals surface area contributed by atoms with Crippen LogP contribution in [0.3, 0.4) is 0 Å². The zero-order valence-corrected chi connectivity index (χ0v) is 31.5. The van der Waals surface area contributed by atoms with E-state index in [2.05, 4.69) is 69.8 Å². The molecule has 272 valence electrons. The summed E-state index contributed by atoms with van der Waals surface area (Å²) < 4.78 is 57.7. The first-order valence-corrected chi connectivity index (χ1v) is 20.5. The lowest BCUT2D eigenvalue weighted by Gasteiger charge is -2.38. The molecule has 5 rings (SSSR count). The quantitative estimate of drug-likeness (QED) is 0.217. The summed E-state index contributed by atoms with van der Waals surface area (Å²) >= 11 is 0. The number of anilines is 2. The maximum atomic E-state index is 14.7. The number of aromatic nitrogens is 3. The standard InChI is InChI=1S/C36H55F3N6O3Si/c1-34(2,3)41-28-23-31(44-17-19-47-20-18-44)42-45-30(29(24-46)40-33(28)45)22-26-10-9-11-27(36(37,38)39)32(26)25-12-14-43(15-13-25)16-21-48-49(7,8)35(4,5)6/h9-11,23,25,41,46H,12-22,24H2,1-8H3. The first-order chi connectivity index (χ1) is 22.9. The molecule has 13 heteroatoms. The van der Waals surface area contributed by atoms with Crippen molar-refractivity contribution >= 4 is 25.5 Å². The van der Waals surface area contributed by atoms with E-state index in [1.807, 2.05) is 6.07 Å². The molecule has 1 aromatic carbocycles. The highest BCUT2D eigenvalue weighted by molar-refractivity contribution is 6.74. The van der Waals surface area contributed by atoms with Gasteiger partial charge in [-0.2, -0.15) is 13.2 Å². The predicted octanol–water partition coefficient (Wildman–Crippen LogP) is 7.08. The molecule has 0 amide bonds. The lowest BCUT2D eigenvalue weighted by Crippen LogP contribution is -2.43. The van der Waals surface area contributed by atoms with Gasteiger partial charge in [0.15, 0.2) is 19.8 Å². The number of ether oxygens (including phenoxy) is 1. The predicted molar refractivity (Wildman–Crippen MR) is 191 cm³/mol. The average Bonchev–Trinajstić information content (AvgIpc) is 3.37. The van der Waals surface area contributed by atoms with E-state index < -0.39 is 20.1 Å². The Morgan fingerprint density at radius 1 is 1.02 bits per heavy atom. The molecule has 2 aromatic heterocycles. The summed E-state index contributed by atoms with van der Waals surface area (Å²) in [6.07, 6.45) is -3.09. The SMILES string of the molecule is CC(C)(C)Nc1cc(N2CCOCC2)nn2c(Cc3cccc(C(F)(F)F)c3C3CCN(CCO[Si](C)(C)C(C)(C)C)CC3)c(CO)nc12. The Labute approximate surface area is 290 Å². The van der Waals surface area contributed by atoms with Gasteiger partial charge in [-0.3, -0.25) is 0 Å². The smallest absolute Gasteiger partial charge is 0.416 e. The lowest BCUT2D eigenvalue weighted by molar-refractivity contribution is -0.138. The van der Waals surface area contributed by atoms with Crippen LogP contribution in [0.4, 0.5) is 24.7 Å². The van der Waals surface area contributed by atoms with Gasteiger partial charge >= 0.3 is 6.18 Å². The van der Waals surface area contributed by atoms with Gasteiger partial charge in [0.1, 0.15) is 0 Å². The Morgan fingerprint density at radius 3 is 2.29 bits per heavy atom. The molecule has 0 saturated carbocycles. The van der Waals surface area contributed by atoms with Crippen LogP contribution in [0.2, 0.25) is 18.1 Å².